The number of methoxy groups -OCH3 is 1. The van der Waals surface area contributed by atoms with E-state index in [0.717, 1.165) is 49.2 Å². The molecule has 30 heavy (non-hydrogen) atoms. The van der Waals surface area contributed by atoms with Gasteiger partial charge in [-0.05, 0) is 54.7 Å². The van der Waals surface area contributed by atoms with Crippen molar-refractivity contribution in [1.82, 2.24) is 21.1 Å². The summed E-state index contributed by atoms with van der Waals surface area (Å²) >= 11 is 0. The van der Waals surface area contributed by atoms with Crippen LogP contribution in [0.2, 0.25) is 0 Å². The molecule has 7 heteroatoms. The number of hydrogen-bond acceptors (Lipinski definition) is 5. The molecule has 160 valence electrons. The van der Waals surface area contributed by atoms with Crippen molar-refractivity contribution in [2.75, 3.05) is 20.2 Å². The van der Waals surface area contributed by atoms with E-state index in [1.54, 1.807) is 7.11 Å². The van der Waals surface area contributed by atoms with Gasteiger partial charge >= 0.3 is 0 Å². The summed E-state index contributed by atoms with van der Waals surface area (Å²) in [5.74, 6) is 0.649. The van der Waals surface area contributed by atoms with Gasteiger partial charge in [-0.15, -0.1) is 0 Å². The molecule has 0 spiro atoms. The molecule has 2 aliphatic rings. The van der Waals surface area contributed by atoms with E-state index < -0.39 is 0 Å². The van der Waals surface area contributed by atoms with Crippen LogP contribution >= 0.6 is 0 Å². The first-order chi connectivity index (χ1) is 14.6. The second-order valence-corrected chi connectivity index (χ2v) is 8.05. The maximum Gasteiger partial charge on any atom is 0.224 e. The maximum atomic E-state index is 13.1. The summed E-state index contributed by atoms with van der Waals surface area (Å²) in [6.07, 6.45) is 3.44. The maximum absolute atomic E-state index is 13.1. The molecular formula is C23H29FN4O2. The minimum atomic E-state index is -0.211. The largest absolute Gasteiger partial charge is 0.497 e. The predicted octanol–water partition coefficient (Wildman–Crippen LogP) is 2.52. The number of rotatable bonds is 6. The van der Waals surface area contributed by atoms with E-state index in [4.69, 9.17) is 4.74 Å². The number of nitrogens with one attached hydrogen (secondary N) is 3. The first-order valence-corrected chi connectivity index (χ1v) is 10.5. The van der Waals surface area contributed by atoms with Crippen LogP contribution in [0.3, 0.4) is 0 Å². The van der Waals surface area contributed by atoms with E-state index in [1.165, 1.54) is 12.1 Å². The Hall–Kier alpha value is -2.48. The van der Waals surface area contributed by atoms with Crippen molar-refractivity contribution >= 4 is 5.91 Å². The third-order valence-corrected chi connectivity index (χ3v) is 6.01. The number of likely N-dealkylation sites (tertiary alicyclic amines) is 1. The molecule has 6 nitrogen and oxygen atoms in total. The molecule has 3 N–H and O–H groups in total. The average Bonchev–Trinajstić information content (AvgIpc) is 3.25. The Morgan fingerprint density at radius 2 is 1.80 bits per heavy atom. The number of ether oxygens (including phenoxy) is 1. The molecule has 0 saturated carbocycles. The van der Waals surface area contributed by atoms with Gasteiger partial charge in [-0.1, -0.05) is 24.3 Å². The highest BCUT2D eigenvalue weighted by atomic mass is 19.1. The van der Waals surface area contributed by atoms with Crippen LogP contribution < -0.4 is 20.9 Å². The van der Waals surface area contributed by atoms with Crippen LogP contribution in [0.5, 0.6) is 5.75 Å². The lowest BCUT2D eigenvalue weighted by atomic mass is 10.0. The standard InChI is InChI=1S/C23H29FN4O2/c1-30-20-8-2-16(3-9-20)14-23(29)25-19-10-12-28(13-11-19)22-15-21(26-27-22)17-4-6-18(24)7-5-17/h2-9,19,21-22,26-27H,10-15H2,1H3,(H,25,29). The fraction of sp³-hybridized carbons (Fsp3) is 0.435. The summed E-state index contributed by atoms with van der Waals surface area (Å²) in [5, 5.41) is 3.18. The minimum Gasteiger partial charge on any atom is -0.497 e. The van der Waals surface area contributed by atoms with Crippen LogP contribution in [0.4, 0.5) is 4.39 Å². The molecule has 4 rings (SSSR count). The molecule has 2 atom stereocenters. The van der Waals surface area contributed by atoms with Crippen LogP contribution in [0.1, 0.15) is 36.4 Å². The second kappa shape index (κ2) is 9.55. The normalized spacial score (nSPS) is 22.7. The fourth-order valence-electron chi connectivity index (χ4n) is 4.26. The van der Waals surface area contributed by atoms with Crippen molar-refractivity contribution in [3.8, 4) is 5.75 Å². The Morgan fingerprint density at radius 1 is 1.10 bits per heavy atom. The fourth-order valence-corrected chi connectivity index (χ4v) is 4.26. The van der Waals surface area contributed by atoms with Gasteiger partial charge in [0.2, 0.25) is 5.91 Å². The van der Waals surface area contributed by atoms with Gasteiger partial charge in [0.15, 0.2) is 0 Å². The van der Waals surface area contributed by atoms with E-state index >= 15 is 0 Å². The first kappa shape index (κ1) is 20.8. The van der Waals surface area contributed by atoms with Crippen molar-refractivity contribution in [2.24, 2.45) is 0 Å². The molecule has 0 radical (unpaired) electrons. The van der Waals surface area contributed by atoms with Gasteiger partial charge < -0.3 is 10.1 Å². The highest BCUT2D eigenvalue weighted by molar-refractivity contribution is 5.78. The van der Waals surface area contributed by atoms with Gasteiger partial charge in [-0.2, -0.15) is 0 Å². The Kier molecular flexibility index (Phi) is 6.62. The van der Waals surface area contributed by atoms with E-state index in [1.807, 2.05) is 36.4 Å². The van der Waals surface area contributed by atoms with Gasteiger partial charge in [0.1, 0.15) is 11.6 Å². The third kappa shape index (κ3) is 5.16. The van der Waals surface area contributed by atoms with Crippen molar-refractivity contribution in [1.29, 1.82) is 0 Å². The van der Waals surface area contributed by atoms with Gasteiger partial charge in [-0.3, -0.25) is 9.69 Å². The summed E-state index contributed by atoms with van der Waals surface area (Å²) in [4.78, 5) is 14.8. The van der Waals surface area contributed by atoms with Crippen molar-refractivity contribution in [3.05, 3.63) is 65.5 Å². The average molecular weight is 413 g/mol. The van der Waals surface area contributed by atoms with Crippen molar-refractivity contribution in [3.63, 3.8) is 0 Å². The number of carbonyl (C=O) groups excluding carboxylic acids is 1. The lowest BCUT2D eigenvalue weighted by Gasteiger charge is -2.35. The molecule has 2 unspecified atom stereocenters. The summed E-state index contributed by atoms with van der Waals surface area (Å²) in [6.45, 7) is 1.87. The van der Waals surface area contributed by atoms with Gasteiger partial charge in [0, 0.05) is 25.2 Å². The summed E-state index contributed by atoms with van der Waals surface area (Å²) in [6, 6.07) is 14.7. The topological polar surface area (TPSA) is 65.6 Å². The van der Waals surface area contributed by atoms with Crippen LogP contribution in [0.15, 0.2) is 48.5 Å². The first-order valence-electron chi connectivity index (χ1n) is 10.5. The summed E-state index contributed by atoms with van der Waals surface area (Å²) in [5.41, 5.74) is 8.77. The van der Waals surface area contributed by atoms with Gasteiger partial charge in [0.05, 0.1) is 19.7 Å². The molecule has 0 aliphatic carbocycles. The van der Waals surface area contributed by atoms with Gasteiger partial charge in [0.25, 0.3) is 0 Å². The number of hydrazine groups is 1. The molecule has 1 amide bonds. The monoisotopic (exact) mass is 412 g/mol. The van der Waals surface area contributed by atoms with Gasteiger partial charge in [-0.25, -0.2) is 15.2 Å². The Morgan fingerprint density at radius 3 is 2.47 bits per heavy atom. The van der Waals surface area contributed by atoms with Crippen molar-refractivity contribution in [2.45, 2.75) is 43.9 Å². The van der Waals surface area contributed by atoms with E-state index in [2.05, 4.69) is 21.1 Å². The number of carbonyl (C=O) groups is 1. The van der Waals surface area contributed by atoms with Crippen molar-refractivity contribution < 1.29 is 13.9 Å². The number of piperidine rings is 1. The zero-order valence-electron chi connectivity index (χ0n) is 17.2. The SMILES string of the molecule is COc1ccc(CC(=O)NC2CCN(C3CC(c4ccc(F)cc4)NN3)CC2)cc1. The van der Waals surface area contributed by atoms with Crippen LogP contribution in [0.25, 0.3) is 0 Å². The van der Waals surface area contributed by atoms with E-state index in [9.17, 15) is 9.18 Å². The number of nitrogens with zero attached hydrogens (tertiary/aromatic N) is 1. The molecule has 2 heterocycles. The number of amides is 1. The molecule has 2 aromatic carbocycles. The zero-order chi connectivity index (χ0) is 20.9. The lowest BCUT2D eigenvalue weighted by Crippen LogP contribution is -2.51. The minimum absolute atomic E-state index is 0.0654. The van der Waals surface area contributed by atoms with E-state index in [0.29, 0.717) is 6.42 Å². The predicted molar refractivity (Wildman–Crippen MR) is 113 cm³/mol. The molecule has 2 aromatic rings. The molecule has 2 saturated heterocycles. The number of benzene rings is 2. The Bertz CT molecular complexity index is 835. The lowest BCUT2D eigenvalue weighted by molar-refractivity contribution is -0.121. The second-order valence-electron chi connectivity index (χ2n) is 8.05. The number of hydrogen-bond donors (Lipinski definition) is 3. The quantitative estimate of drug-likeness (QED) is 0.681. The summed E-state index contributed by atoms with van der Waals surface area (Å²) in [7, 11) is 1.63. The van der Waals surface area contributed by atoms with Crippen LogP contribution in [0, 0.1) is 5.82 Å². The van der Waals surface area contributed by atoms with Crippen LogP contribution in [-0.2, 0) is 11.2 Å². The Balaban J connectivity index is 1.21. The smallest absolute Gasteiger partial charge is 0.224 e. The molecule has 2 fully saturated rings. The van der Waals surface area contributed by atoms with Crippen LogP contribution in [-0.4, -0.2) is 43.2 Å². The molecule has 0 bridgehead atoms. The molecular weight excluding hydrogens is 383 g/mol. The van der Waals surface area contributed by atoms with E-state index in [-0.39, 0.29) is 30.0 Å². The number of halogens is 1. The molecule has 0 aromatic heterocycles. The summed E-state index contributed by atoms with van der Waals surface area (Å²) < 4.78 is 18.3. The zero-order valence-corrected chi connectivity index (χ0v) is 17.2. The molecule has 2 aliphatic heterocycles. The highest BCUT2D eigenvalue weighted by Crippen LogP contribution is 2.26. The third-order valence-electron chi connectivity index (χ3n) is 6.01. The Labute approximate surface area is 176 Å². The highest BCUT2D eigenvalue weighted by Gasteiger charge is 2.32.